The maximum Gasteiger partial charge on any atom is 0.350 e. The first kappa shape index (κ1) is 20.6. The molecule has 0 spiro atoms. The van der Waals surface area contributed by atoms with Crippen LogP contribution in [0.2, 0.25) is 5.15 Å². The van der Waals surface area contributed by atoms with E-state index >= 15 is 0 Å². The normalized spacial score (nSPS) is 18.7. The number of imidazole rings is 1. The first-order valence-electron chi connectivity index (χ1n) is 9.35. The summed E-state index contributed by atoms with van der Waals surface area (Å²) in [5, 5.41) is 4.12. The van der Waals surface area contributed by atoms with Gasteiger partial charge >= 0.3 is 5.97 Å². The molecule has 1 fully saturated rings. The van der Waals surface area contributed by atoms with E-state index in [1.165, 1.54) is 11.3 Å². The Morgan fingerprint density at radius 3 is 2.71 bits per heavy atom. The molecule has 2 aromatic heterocycles. The topological polar surface area (TPSA) is 100 Å². The molecule has 0 bridgehead atoms. The number of ether oxygens (including phenoxy) is 1. The minimum Gasteiger partial charge on any atom is -0.462 e. The van der Waals surface area contributed by atoms with Gasteiger partial charge in [0, 0.05) is 6.54 Å². The number of nitrogens with one attached hydrogen (secondary N) is 2. The first-order chi connectivity index (χ1) is 13.4. The van der Waals surface area contributed by atoms with Gasteiger partial charge in [0.05, 0.1) is 30.1 Å². The SMILES string of the molecule is CCOC(=O)c1sc(N2C[C@H](NC(=O)c3nc(Cl)c(CC)[nH]3)[C@@H]2CC)nc1C. The van der Waals surface area contributed by atoms with Gasteiger partial charge in [0.2, 0.25) is 0 Å². The van der Waals surface area contributed by atoms with Crippen molar-refractivity contribution in [2.45, 2.75) is 52.6 Å². The molecule has 2 N–H and O–H groups in total. The van der Waals surface area contributed by atoms with Gasteiger partial charge in [-0.3, -0.25) is 4.79 Å². The average Bonchev–Trinajstić information content (AvgIpc) is 3.21. The van der Waals surface area contributed by atoms with Crippen molar-refractivity contribution in [3.05, 3.63) is 27.2 Å². The van der Waals surface area contributed by atoms with E-state index in [1.54, 1.807) is 13.8 Å². The van der Waals surface area contributed by atoms with Crippen molar-refractivity contribution in [1.29, 1.82) is 0 Å². The maximum atomic E-state index is 12.5. The highest BCUT2D eigenvalue weighted by Crippen LogP contribution is 2.34. The van der Waals surface area contributed by atoms with Gasteiger partial charge < -0.3 is 19.9 Å². The predicted octanol–water partition coefficient (Wildman–Crippen LogP) is 2.96. The van der Waals surface area contributed by atoms with Crippen molar-refractivity contribution in [3.63, 3.8) is 0 Å². The number of hydrogen-bond donors (Lipinski definition) is 2. The predicted molar refractivity (Wildman–Crippen MR) is 108 cm³/mol. The van der Waals surface area contributed by atoms with E-state index < -0.39 is 0 Å². The van der Waals surface area contributed by atoms with Gasteiger partial charge in [0.15, 0.2) is 16.1 Å². The van der Waals surface area contributed by atoms with Crippen LogP contribution in [0.4, 0.5) is 5.13 Å². The highest BCUT2D eigenvalue weighted by Gasteiger charge is 2.41. The molecule has 2 atom stereocenters. The van der Waals surface area contributed by atoms with E-state index in [0.717, 1.165) is 17.2 Å². The Balaban J connectivity index is 1.67. The smallest absolute Gasteiger partial charge is 0.350 e. The molecule has 1 aliphatic heterocycles. The van der Waals surface area contributed by atoms with Crippen LogP contribution in [0.1, 0.15) is 58.9 Å². The second-order valence-electron chi connectivity index (χ2n) is 6.55. The summed E-state index contributed by atoms with van der Waals surface area (Å²) in [7, 11) is 0. The summed E-state index contributed by atoms with van der Waals surface area (Å²) < 4.78 is 5.08. The zero-order valence-electron chi connectivity index (χ0n) is 16.3. The van der Waals surface area contributed by atoms with Crippen LogP contribution in [-0.2, 0) is 11.2 Å². The Kier molecular flexibility index (Phi) is 6.24. The van der Waals surface area contributed by atoms with Crippen LogP contribution in [0.3, 0.4) is 0 Å². The summed E-state index contributed by atoms with van der Waals surface area (Å²) in [6.07, 6.45) is 1.51. The standard InChI is InChI=1S/C18H24ClN5O3S/c1-5-10-14(19)23-15(21-10)16(25)22-11-8-24(12(11)6-2)18-20-9(4)13(28-18)17(26)27-7-3/h11-12H,5-8H2,1-4H3,(H,21,23)(H,22,25)/t11-,12-/m0/s1. The third-order valence-corrected chi connectivity index (χ3v) is 6.27. The molecule has 8 nitrogen and oxygen atoms in total. The zero-order chi connectivity index (χ0) is 20.4. The lowest BCUT2D eigenvalue weighted by molar-refractivity contribution is 0.0531. The van der Waals surface area contributed by atoms with E-state index in [9.17, 15) is 9.59 Å². The summed E-state index contributed by atoms with van der Waals surface area (Å²) >= 11 is 7.35. The van der Waals surface area contributed by atoms with E-state index in [4.69, 9.17) is 16.3 Å². The van der Waals surface area contributed by atoms with Gasteiger partial charge in [-0.15, -0.1) is 0 Å². The summed E-state index contributed by atoms with van der Waals surface area (Å²) in [6, 6.07) is 0.0716. The summed E-state index contributed by atoms with van der Waals surface area (Å²) in [5.41, 5.74) is 1.41. The van der Waals surface area contributed by atoms with Gasteiger partial charge in [0.25, 0.3) is 5.91 Å². The number of nitrogens with zero attached hydrogens (tertiary/aromatic N) is 3. The molecule has 3 rings (SSSR count). The lowest BCUT2D eigenvalue weighted by Gasteiger charge is -2.47. The fourth-order valence-corrected chi connectivity index (χ4v) is 4.57. The Labute approximate surface area is 172 Å². The summed E-state index contributed by atoms with van der Waals surface area (Å²) in [4.78, 5) is 38.7. The number of halogens is 1. The van der Waals surface area contributed by atoms with Crippen LogP contribution in [0, 0.1) is 6.92 Å². The number of amides is 1. The molecule has 1 saturated heterocycles. The Morgan fingerprint density at radius 1 is 1.36 bits per heavy atom. The van der Waals surface area contributed by atoms with Crippen LogP contribution in [0.25, 0.3) is 0 Å². The van der Waals surface area contributed by atoms with Gasteiger partial charge in [-0.05, 0) is 26.7 Å². The third kappa shape index (κ3) is 3.86. The maximum absolute atomic E-state index is 12.5. The molecule has 0 aliphatic carbocycles. The molecule has 0 saturated carbocycles. The lowest BCUT2D eigenvalue weighted by atomic mass is 9.94. The molecule has 1 aliphatic rings. The molecule has 0 radical (unpaired) electrons. The number of carbonyl (C=O) groups excluding carboxylic acids is 2. The summed E-state index contributed by atoms with van der Waals surface area (Å²) in [6.45, 7) is 8.53. The summed E-state index contributed by atoms with van der Waals surface area (Å²) in [5.74, 6) is -0.388. The quantitative estimate of drug-likeness (QED) is 0.661. The van der Waals surface area contributed by atoms with E-state index in [1.807, 2.05) is 6.92 Å². The van der Waals surface area contributed by atoms with E-state index in [2.05, 4.69) is 32.1 Å². The second-order valence-corrected chi connectivity index (χ2v) is 7.88. The number of carbonyl (C=O) groups is 2. The second kappa shape index (κ2) is 8.48. The number of esters is 1. The van der Waals surface area contributed by atoms with Crippen LogP contribution < -0.4 is 10.2 Å². The molecule has 1 amide bonds. The molecule has 0 unspecified atom stereocenters. The van der Waals surface area contributed by atoms with Gasteiger partial charge in [-0.25, -0.2) is 14.8 Å². The molecule has 10 heteroatoms. The number of aryl methyl sites for hydroxylation is 2. The highest BCUT2D eigenvalue weighted by atomic mass is 35.5. The molecule has 3 heterocycles. The van der Waals surface area contributed by atoms with Crippen molar-refractivity contribution >= 4 is 39.9 Å². The molecular formula is C18H24ClN5O3S. The van der Waals surface area contributed by atoms with Crippen molar-refractivity contribution in [3.8, 4) is 0 Å². The molecule has 2 aromatic rings. The molecule has 28 heavy (non-hydrogen) atoms. The number of anilines is 1. The monoisotopic (exact) mass is 425 g/mol. The first-order valence-corrected chi connectivity index (χ1v) is 10.5. The number of hydrogen-bond acceptors (Lipinski definition) is 7. The van der Waals surface area contributed by atoms with Crippen molar-refractivity contribution < 1.29 is 14.3 Å². The van der Waals surface area contributed by atoms with Crippen LogP contribution in [0.15, 0.2) is 0 Å². The van der Waals surface area contributed by atoms with Gasteiger partial charge in [0.1, 0.15) is 4.88 Å². The van der Waals surface area contributed by atoms with Crippen molar-refractivity contribution in [2.24, 2.45) is 0 Å². The Bertz CT molecular complexity index is 881. The molecule has 152 valence electrons. The largest absolute Gasteiger partial charge is 0.462 e. The fraction of sp³-hybridized carbons (Fsp3) is 0.556. The number of H-pyrrole nitrogens is 1. The number of aromatic nitrogens is 3. The van der Waals surface area contributed by atoms with Crippen LogP contribution in [-0.4, -0.2) is 52.1 Å². The Morgan fingerprint density at radius 2 is 2.11 bits per heavy atom. The zero-order valence-corrected chi connectivity index (χ0v) is 17.9. The van der Waals surface area contributed by atoms with Gasteiger partial charge in [-0.1, -0.05) is 36.8 Å². The van der Waals surface area contributed by atoms with Gasteiger partial charge in [-0.2, -0.15) is 0 Å². The van der Waals surface area contributed by atoms with Crippen molar-refractivity contribution in [1.82, 2.24) is 20.3 Å². The Hall–Kier alpha value is -2.13. The number of aromatic amines is 1. The number of rotatable bonds is 7. The molecular weight excluding hydrogens is 402 g/mol. The lowest BCUT2D eigenvalue weighted by Crippen LogP contribution is -2.66. The fourth-order valence-electron chi connectivity index (χ4n) is 3.27. The van der Waals surface area contributed by atoms with E-state index in [-0.39, 0.29) is 29.8 Å². The number of thiazole rings is 1. The average molecular weight is 426 g/mol. The van der Waals surface area contributed by atoms with Crippen LogP contribution >= 0.6 is 22.9 Å². The third-order valence-electron chi connectivity index (χ3n) is 4.78. The van der Waals surface area contributed by atoms with E-state index in [0.29, 0.717) is 35.3 Å². The van der Waals surface area contributed by atoms with Crippen LogP contribution in [0.5, 0.6) is 0 Å². The molecule has 0 aromatic carbocycles. The minimum atomic E-state index is -0.344. The van der Waals surface area contributed by atoms with Crippen molar-refractivity contribution in [2.75, 3.05) is 18.1 Å². The highest BCUT2D eigenvalue weighted by molar-refractivity contribution is 7.17. The minimum absolute atomic E-state index is 0.0262.